The van der Waals surface area contributed by atoms with Crippen molar-refractivity contribution in [2.45, 2.75) is 44.9 Å². The molecule has 1 heterocycles. The third kappa shape index (κ3) is 3.67. The lowest BCUT2D eigenvalue weighted by molar-refractivity contribution is -0.313. The number of carbonyl (C=O) groups excluding carboxylic acids is 3. The molecule has 7 heteroatoms. The van der Waals surface area contributed by atoms with Crippen LogP contribution in [-0.2, 0) is 27.2 Å². The number of rotatable bonds is 4. The van der Waals surface area contributed by atoms with Gasteiger partial charge in [0.05, 0.1) is 18.6 Å². The molecular formula is C19H22NO5S-. The van der Waals surface area contributed by atoms with Crippen molar-refractivity contribution in [3.63, 3.8) is 0 Å². The van der Waals surface area contributed by atoms with Crippen LogP contribution in [0.15, 0.2) is 12.2 Å². The number of aryl methyl sites for hydroxylation is 1. The summed E-state index contributed by atoms with van der Waals surface area (Å²) in [7, 11) is 1.33. The van der Waals surface area contributed by atoms with Gasteiger partial charge in [0.1, 0.15) is 5.00 Å². The normalized spacial score (nSPS) is 22.2. The Kier molecular flexibility index (Phi) is 5.76. The molecule has 1 amide bonds. The van der Waals surface area contributed by atoms with Gasteiger partial charge in [-0.2, -0.15) is 0 Å². The first-order valence-electron chi connectivity index (χ1n) is 8.92. The molecule has 140 valence electrons. The van der Waals surface area contributed by atoms with Crippen molar-refractivity contribution in [3.8, 4) is 0 Å². The number of methoxy groups -OCH3 is 1. The Morgan fingerprint density at radius 2 is 1.81 bits per heavy atom. The minimum Gasteiger partial charge on any atom is -0.550 e. The van der Waals surface area contributed by atoms with Crippen molar-refractivity contribution in [1.82, 2.24) is 0 Å². The average Bonchev–Trinajstić information content (AvgIpc) is 2.81. The van der Waals surface area contributed by atoms with E-state index in [9.17, 15) is 19.5 Å². The Balaban J connectivity index is 1.89. The fraction of sp³-hybridized carbons (Fsp3) is 0.526. The van der Waals surface area contributed by atoms with Gasteiger partial charge in [0.15, 0.2) is 0 Å². The number of thiophene rings is 1. The van der Waals surface area contributed by atoms with Gasteiger partial charge >= 0.3 is 5.97 Å². The highest BCUT2D eigenvalue weighted by atomic mass is 32.1. The zero-order valence-electron chi connectivity index (χ0n) is 14.7. The van der Waals surface area contributed by atoms with E-state index in [0.717, 1.165) is 42.5 Å². The largest absolute Gasteiger partial charge is 0.550 e. The molecule has 26 heavy (non-hydrogen) atoms. The van der Waals surface area contributed by atoms with E-state index in [0.29, 0.717) is 17.0 Å². The minimum atomic E-state index is -1.22. The first kappa shape index (κ1) is 18.6. The highest BCUT2D eigenvalue weighted by Gasteiger charge is 2.32. The van der Waals surface area contributed by atoms with Crippen LogP contribution < -0.4 is 10.4 Å². The molecule has 0 spiro atoms. The Morgan fingerprint density at radius 1 is 1.12 bits per heavy atom. The number of hydrogen-bond donors (Lipinski definition) is 1. The first-order chi connectivity index (χ1) is 12.5. The summed E-state index contributed by atoms with van der Waals surface area (Å²) in [6, 6.07) is 0. The van der Waals surface area contributed by atoms with Gasteiger partial charge in [-0.25, -0.2) is 4.79 Å². The highest BCUT2D eigenvalue weighted by Crippen LogP contribution is 2.38. The SMILES string of the molecule is COC(=O)c1c(NC(=O)[C@H]2CC=CC[C@H]2C(=O)[O-])sc2c1CCCCC2. The summed E-state index contributed by atoms with van der Waals surface area (Å²) in [4.78, 5) is 37.5. The van der Waals surface area contributed by atoms with Crippen LogP contribution in [0.5, 0.6) is 0 Å². The molecule has 0 radical (unpaired) electrons. The Morgan fingerprint density at radius 3 is 2.50 bits per heavy atom. The standard InChI is InChI=1S/C19H23NO5S/c1-25-19(24)15-13-9-3-2-4-10-14(13)26-17(15)20-16(21)11-7-5-6-8-12(11)18(22)23/h5-6,11-12H,2-4,7-10H2,1H3,(H,20,21)(H,22,23)/p-1/t11-,12+/m0/s1. The molecule has 1 aromatic rings. The number of fused-ring (bicyclic) bond motifs is 1. The summed E-state index contributed by atoms with van der Waals surface area (Å²) < 4.78 is 4.93. The fourth-order valence-electron chi connectivity index (χ4n) is 3.72. The van der Waals surface area contributed by atoms with E-state index >= 15 is 0 Å². The maximum absolute atomic E-state index is 12.7. The van der Waals surface area contributed by atoms with Crippen molar-refractivity contribution in [2.24, 2.45) is 11.8 Å². The quantitative estimate of drug-likeness (QED) is 0.493. The number of hydrogen-bond acceptors (Lipinski definition) is 6. The highest BCUT2D eigenvalue weighted by molar-refractivity contribution is 7.17. The number of anilines is 1. The first-order valence-corrected chi connectivity index (χ1v) is 9.74. The number of amides is 1. The van der Waals surface area contributed by atoms with Gasteiger partial charge < -0.3 is 20.0 Å². The van der Waals surface area contributed by atoms with Crippen molar-refractivity contribution in [3.05, 3.63) is 28.2 Å². The number of aliphatic carboxylic acids is 1. The molecule has 1 N–H and O–H groups in total. The Hall–Kier alpha value is -2.15. The van der Waals surface area contributed by atoms with Crippen LogP contribution in [0.25, 0.3) is 0 Å². The summed E-state index contributed by atoms with van der Waals surface area (Å²) in [5.41, 5.74) is 1.40. The van der Waals surface area contributed by atoms with E-state index in [2.05, 4.69) is 5.32 Å². The predicted octanol–water partition coefficient (Wildman–Crippen LogP) is 2.07. The second kappa shape index (κ2) is 8.03. The third-order valence-corrected chi connectivity index (χ3v) is 6.33. The molecule has 0 aromatic carbocycles. The van der Waals surface area contributed by atoms with Gasteiger partial charge in [0.2, 0.25) is 5.91 Å². The minimum absolute atomic E-state index is 0.283. The van der Waals surface area contributed by atoms with Crippen molar-refractivity contribution in [1.29, 1.82) is 0 Å². The molecule has 0 bridgehead atoms. The molecule has 2 atom stereocenters. The fourth-order valence-corrected chi connectivity index (χ4v) is 5.00. The molecule has 2 aliphatic carbocycles. The maximum Gasteiger partial charge on any atom is 0.341 e. The number of nitrogens with one attached hydrogen (secondary N) is 1. The van der Waals surface area contributed by atoms with Crippen molar-refractivity contribution in [2.75, 3.05) is 12.4 Å². The number of carboxylic acids is 1. The van der Waals surface area contributed by atoms with Crippen LogP contribution >= 0.6 is 11.3 Å². The molecule has 0 saturated carbocycles. The van der Waals surface area contributed by atoms with Crippen LogP contribution in [0, 0.1) is 11.8 Å². The maximum atomic E-state index is 12.7. The third-order valence-electron chi connectivity index (χ3n) is 5.12. The molecule has 3 rings (SSSR count). The lowest BCUT2D eigenvalue weighted by Crippen LogP contribution is -2.41. The summed E-state index contributed by atoms with van der Waals surface area (Å²) in [6.45, 7) is 0. The van der Waals surface area contributed by atoms with Crippen LogP contribution in [0.3, 0.4) is 0 Å². The van der Waals surface area contributed by atoms with E-state index in [-0.39, 0.29) is 12.3 Å². The van der Waals surface area contributed by atoms with E-state index in [1.165, 1.54) is 18.4 Å². The van der Waals surface area contributed by atoms with Crippen molar-refractivity contribution >= 4 is 34.2 Å². The monoisotopic (exact) mass is 376 g/mol. The smallest absolute Gasteiger partial charge is 0.341 e. The van der Waals surface area contributed by atoms with Gasteiger partial charge in [0.25, 0.3) is 0 Å². The number of ether oxygens (including phenoxy) is 1. The van der Waals surface area contributed by atoms with Gasteiger partial charge in [-0.15, -0.1) is 11.3 Å². The van der Waals surface area contributed by atoms with Gasteiger partial charge in [-0.1, -0.05) is 18.6 Å². The van der Waals surface area contributed by atoms with Gasteiger partial charge in [-0.05, 0) is 44.1 Å². The zero-order chi connectivity index (χ0) is 18.7. The van der Waals surface area contributed by atoms with Crippen LogP contribution in [0.1, 0.15) is 52.9 Å². The Labute approximate surface area is 156 Å². The summed E-state index contributed by atoms with van der Waals surface area (Å²) in [5.74, 6) is -3.61. The summed E-state index contributed by atoms with van der Waals surface area (Å²) in [6.07, 6.45) is 9.06. The summed E-state index contributed by atoms with van der Waals surface area (Å²) in [5, 5.41) is 14.6. The lowest BCUT2D eigenvalue weighted by Gasteiger charge is -2.28. The average molecular weight is 376 g/mol. The summed E-state index contributed by atoms with van der Waals surface area (Å²) >= 11 is 1.41. The zero-order valence-corrected chi connectivity index (χ0v) is 15.5. The molecule has 6 nitrogen and oxygen atoms in total. The second-order valence-corrected chi connectivity index (χ2v) is 7.83. The van der Waals surface area contributed by atoms with Gasteiger partial charge in [-0.3, -0.25) is 4.79 Å². The van der Waals surface area contributed by atoms with Crippen LogP contribution in [-0.4, -0.2) is 25.0 Å². The molecule has 2 aliphatic rings. The van der Waals surface area contributed by atoms with E-state index in [1.54, 1.807) is 6.08 Å². The molecule has 1 aromatic heterocycles. The number of carboxylic acid groups (broad SMARTS) is 1. The second-order valence-electron chi connectivity index (χ2n) is 6.72. The topological polar surface area (TPSA) is 95.5 Å². The molecule has 0 saturated heterocycles. The Bertz CT molecular complexity index is 751. The predicted molar refractivity (Wildman–Crippen MR) is 95.9 cm³/mol. The molecular weight excluding hydrogens is 354 g/mol. The van der Waals surface area contributed by atoms with Crippen LogP contribution in [0.4, 0.5) is 5.00 Å². The van der Waals surface area contributed by atoms with Gasteiger partial charge in [0, 0.05) is 16.8 Å². The van der Waals surface area contributed by atoms with Crippen LogP contribution in [0.2, 0.25) is 0 Å². The lowest BCUT2D eigenvalue weighted by atomic mass is 9.82. The number of carbonyl (C=O) groups is 3. The molecule has 0 fully saturated rings. The number of allylic oxidation sites excluding steroid dienone is 2. The van der Waals surface area contributed by atoms with E-state index < -0.39 is 23.8 Å². The molecule has 0 aliphatic heterocycles. The molecule has 0 unspecified atom stereocenters. The van der Waals surface area contributed by atoms with Crippen molar-refractivity contribution < 1.29 is 24.2 Å². The van der Waals surface area contributed by atoms with E-state index in [4.69, 9.17) is 4.74 Å². The number of esters is 1. The van der Waals surface area contributed by atoms with E-state index in [1.807, 2.05) is 6.08 Å².